The molecule has 37 heavy (non-hydrogen) atoms. The van der Waals surface area contributed by atoms with Gasteiger partial charge < -0.3 is 15.0 Å². The van der Waals surface area contributed by atoms with Crippen LogP contribution in [-0.4, -0.2) is 52.0 Å². The zero-order chi connectivity index (χ0) is 26.6. The lowest BCUT2D eigenvalue weighted by Gasteiger charge is -2.27. The largest absolute Gasteiger partial charge is 0.377 e. The number of anilines is 2. The van der Waals surface area contributed by atoms with Crippen LogP contribution >= 0.6 is 11.6 Å². The molecule has 1 aliphatic heterocycles. The summed E-state index contributed by atoms with van der Waals surface area (Å²) in [5, 5.41) is 3.11. The van der Waals surface area contributed by atoms with E-state index < -0.39 is 21.7 Å². The first-order valence-electron chi connectivity index (χ1n) is 11.9. The molecule has 1 atom stereocenters. The van der Waals surface area contributed by atoms with Crippen molar-refractivity contribution in [1.29, 1.82) is 0 Å². The van der Waals surface area contributed by atoms with Crippen molar-refractivity contribution in [2.75, 3.05) is 37.5 Å². The molecule has 0 bridgehead atoms. The molecule has 1 amide bonds. The van der Waals surface area contributed by atoms with Crippen molar-refractivity contribution < 1.29 is 22.3 Å². The second kappa shape index (κ2) is 11.6. The number of ether oxygens (including phenoxy) is 1. The van der Waals surface area contributed by atoms with Crippen LogP contribution in [-0.2, 0) is 21.3 Å². The van der Waals surface area contributed by atoms with E-state index in [1.54, 1.807) is 24.3 Å². The second-order valence-electron chi connectivity index (χ2n) is 9.09. The summed E-state index contributed by atoms with van der Waals surface area (Å²) in [4.78, 5) is 14.7. The Morgan fingerprint density at radius 2 is 1.89 bits per heavy atom. The van der Waals surface area contributed by atoms with Gasteiger partial charge in [-0.05, 0) is 73.0 Å². The average molecular weight is 546 g/mol. The standard InChI is InChI=1S/C27H29ClFN3O4S/c1-31(2)26-12-11-23(30-27(33)19-6-3-8-22(29)14-19)15-20(26)17-32(18-24-9-5-13-36-24)37(34,35)25-10-4-7-21(28)16-25/h3-4,6-8,10-12,14-16,24H,5,9,13,17-18H2,1-2H3,(H,30,33)/t24-/m1/s1. The Balaban J connectivity index is 1.67. The van der Waals surface area contributed by atoms with E-state index in [9.17, 15) is 17.6 Å². The maximum atomic E-state index is 13.7. The highest BCUT2D eigenvalue weighted by Gasteiger charge is 2.30. The van der Waals surface area contributed by atoms with Gasteiger partial charge in [-0.3, -0.25) is 4.79 Å². The maximum absolute atomic E-state index is 13.7. The minimum atomic E-state index is -3.91. The quantitative estimate of drug-likeness (QED) is 0.401. The molecule has 196 valence electrons. The fourth-order valence-corrected chi connectivity index (χ4v) is 6.04. The molecule has 4 rings (SSSR count). The Hall–Kier alpha value is -2.98. The lowest BCUT2D eigenvalue weighted by molar-refractivity contribution is 0.0926. The zero-order valence-electron chi connectivity index (χ0n) is 20.7. The summed E-state index contributed by atoms with van der Waals surface area (Å²) >= 11 is 6.10. The first-order chi connectivity index (χ1) is 17.6. The smallest absolute Gasteiger partial charge is 0.255 e. The number of nitrogens with zero attached hydrogens (tertiary/aromatic N) is 2. The van der Waals surface area contributed by atoms with Gasteiger partial charge in [-0.2, -0.15) is 4.31 Å². The van der Waals surface area contributed by atoms with E-state index in [1.165, 1.54) is 34.6 Å². The summed E-state index contributed by atoms with van der Waals surface area (Å²) in [7, 11) is -0.192. The van der Waals surface area contributed by atoms with E-state index in [1.807, 2.05) is 25.1 Å². The van der Waals surface area contributed by atoms with Crippen molar-refractivity contribution in [3.63, 3.8) is 0 Å². The molecule has 1 heterocycles. The van der Waals surface area contributed by atoms with Gasteiger partial charge in [-0.15, -0.1) is 0 Å². The third-order valence-electron chi connectivity index (χ3n) is 6.12. The van der Waals surface area contributed by atoms with Crippen LogP contribution < -0.4 is 10.2 Å². The van der Waals surface area contributed by atoms with Gasteiger partial charge in [0.15, 0.2) is 0 Å². The minimum Gasteiger partial charge on any atom is -0.377 e. The molecule has 3 aromatic carbocycles. The third kappa shape index (κ3) is 6.67. The molecular formula is C27H29ClFN3O4S. The Morgan fingerprint density at radius 1 is 1.11 bits per heavy atom. The molecule has 0 saturated carbocycles. The zero-order valence-corrected chi connectivity index (χ0v) is 22.2. The minimum absolute atomic E-state index is 0.0475. The molecule has 0 aromatic heterocycles. The molecule has 1 aliphatic rings. The van der Waals surface area contributed by atoms with Gasteiger partial charge in [0.05, 0.1) is 11.0 Å². The molecule has 0 spiro atoms. The topological polar surface area (TPSA) is 79.0 Å². The summed E-state index contributed by atoms with van der Waals surface area (Å²) in [6, 6.07) is 16.9. The molecule has 10 heteroatoms. The van der Waals surface area contributed by atoms with Crippen molar-refractivity contribution in [2.24, 2.45) is 0 Å². The first-order valence-corrected chi connectivity index (χ1v) is 13.7. The van der Waals surface area contributed by atoms with Crippen LogP contribution in [0.1, 0.15) is 28.8 Å². The van der Waals surface area contributed by atoms with Gasteiger partial charge in [0.2, 0.25) is 10.0 Å². The molecule has 0 aliphatic carbocycles. The number of halogens is 2. The number of hydrogen-bond acceptors (Lipinski definition) is 5. The molecule has 0 unspecified atom stereocenters. The van der Waals surface area contributed by atoms with E-state index in [0.29, 0.717) is 22.9 Å². The van der Waals surface area contributed by atoms with Crippen molar-refractivity contribution in [2.45, 2.75) is 30.4 Å². The number of sulfonamides is 1. The lowest BCUT2D eigenvalue weighted by atomic mass is 10.1. The SMILES string of the molecule is CN(C)c1ccc(NC(=O)c2cccc(F)c2)cc1CN(C[C@H]1CCCO1)S(=O)(=O)c1cccc(Cl)c1. The Labute approximate surface area is 221 Å². The molecule has 0 radical (unpaired) electrons. The highest BCUT2D eigenvalue weighted by Crippen LogP contribution is 2.29. The maximum Gasteiger partial charge on any atom is 0.255 e. The van der Waals surface area contributed by atoms with Crippen LogP contribution in [0.25, 0.3) is 0 Å². The molecule has 1 fully saturated rings. The molecule has 1 saturated heterocycles. The van der Waals surface area contributed by atoms with Gasteiger partial charge in [0.1, 0.15) is 5.82 Å². The first kappa shape index (κ1) is 27.1. The van der Waals surface area contributed by atoms with Gasteiger partial charge in [-0.1, -0.05) is 23.7 Å². The van der Waals surface area contributed by atoms with Crippen LogP contribution in [0.4, 0.5) is 15.8 Å². The fraction of sp³-hybridized carbons (Fsp3) is 0.296. The molecule has 3 aromatic rings. The van der Waals surface area contributed by atoms with Crippen LogP contribution in [0.15, 0.2) is 71.6 Å². The predicted molar refractivity (Wildman–Crippen MR) is 143 cm³/mol. The van der Waals surface area contributed by atoms with Crippen LogP contribution in [0.2, 0.25) is 5.02 Å². The number of hydrogen-bond donors (Lipinski definition) is 1. The van der Waals surface area contributed by atoms with Crippen molar-refractivity contribution >= 4 is 38.9 Å². The van der Waals surface area contributed by atoms with Gasteiger partial charge >= 0.3 is 0 Å². The van der Waals surface area contributed by atoms with Crippen molar-refractivity contribution in [3.8, 4) is 0 Å². The van der Waals surface area contributed by atoms with E-state index in [-0.39, 0.29) is 29.7 Å². The Bertz CT molecular complexity index is 1380. The summed E-state index contributed by atoms with van der Waals surface area (Å²) in [5.41, 5.74) is 2.13. The van der Waals surface area contributed by atoms with E-state index in [4.69, 9.17) is 16.3 Å². The number of carbonyl (C=O) groups excluding carboxylic acids is 1. The third-order valence-corrected chi connectivity index (χ3v) is 8.16. The molecular weight excluding hydrogens is 517 g/mol. The monoisotopic (exact) mass is 545 g/mol. The summed E-state index contributed by atoms with van der Waals surface area (Å²) < 4.78 is 48.2. The summed E-state index contributed by atoms with van der Waals surface area (Å²) in [6.45, 7) is 0.827. The number of nitrogens with one attached hydrogen (secondary N) is 1. The van der Waals surface area contributed by atoms with E-state index in [0.717, 1.165) is 24.6 Å². The number of amides is 1. The van der Waals surface area contributed by atoms with Crippen molar-refractivity contribution in [1.82, 2.24) is 4.31 Å². The number of carbonyl (C=O) groups is 1. The molecule has 1 N–H and O–H groups in total. The molecule has 7 nitrogen and oxygen atoms in total. The van der Waals surface area contributed by atoms with Gasteiger partial charge in [0.25, 0.3) is 5.91 Å². The lowest BCUT2D eigenvalue weighted by Crippen LogP contribution is -2.37. The fourth-order valence-electron chi connectivity index (χ4n) is 4.29. The van der Waals surface area contributed by atoms with Crippen molar-refractivity contribution in [3.05, 3.63) is 88.7 Å². The summed E-state index contributed by atoms with van der Waals surface area (Å²) in [5.74, 6) is -0.974. The predicted octanol–water partition coefficient (Wildman–Crippen LogP) is 5.17. The number of rotatable bonds is 9. The average Bonchev–Trinajstić information content (AvgIpc) is 3.37. The van der Waals surface area contributed by atoms with E-state index >= 15 is 0 Å². The van der Waals surface area contributed by atoms with E-state index in [2.05, 4.69) is 5.32 Å². The Morgan fingerprint density at radius 3 is 2.57 bits per heavy atom. The van der Waals surface area contributed by atoms with Crippen LogP contribution in [0.5, 0.6) is 0 Å². The Kier molecular flexibility index (Phi) is 8.49. The number of benzene rings is 3. The second-order valence-corrected chi connectivity index (χ2v) is 11.5. The summed E-state index contributed by atoms with van der Waals surface area (Å²) in [6.07, 6.45) is 1.43. The highest BCUT2D eigenvalue weighted by molar-refractivity contribution is 7.89. The van der Waals surface area contributed by atoms with Gasteiger partial charge in [0, 0.05) is 55.8 Å². The van der Waals surface area contributed by atoms with Crippen LogP contribution in [0, 0.1) is 5.82 Å². The van der Waals surface area contributed by atoms with Gasteiger partial charge in [-0.25, -0.2) is 12.8 Å². The normalized spacial score (nSPS) is 15.6. The van der Waals surface area contributed by atoms with Crippen LogP contribution in [0.3, 0.4) is 0 Å². The highest BCUT2D eigenvalue weighted by atomic mass is 35.5.